The van der Waals surface area contributed by atoms with Gasteiger partial charge < -0.3 is 0 Å². The van der Waals surface area contributed by atoms with E-state index in [9.17, 15) is 0 Å². The first kappa shape index (κ1) is 36.5. The van der Waals surface area contributed by atoms with Crippen molar-refractivity contribution in [1.82, 2.24) is 0 Å². The van der Waals surface area contributed by atoms with Crippen molar-refractivity contribution in [3.8, 4) is 22.6 Å². The Morgan fingerprint density at radius 1 is 0.750 bits per heavy atom. The third-order valence-electron chi connectivity index (χ3n) is 3.58. The van der Waals surface area contributed by atoms with Crippen LogP contribution in [0.25, 0.3) is 11.1 Å². The molecule has 0 radical (unpaired) electrons. The molecular formula is C23H20CrO8. The average Bonchev–Trinajstić information content (AvgIpc) is 2.88. The van der Waals surface area contributed by atoms with Crippen LogP contribution < -0.4 is 9.47 Å². The Labute approximate surface area is 196 Å². The van der Waals surface area contributed by atoms with E-state index in [-0.39, 0.29) is 0 Å². The van der Waals surface area contributed by atoms with Crippen LogP contribution in [0.15, 0.2) is 30.3 Å². The van der Waals surface area contributed by atoms with Crippen molar-refractivity contribution in [2.45, 2.75) is 13.8 Å². The molecule has 0 saturated heterocycles. The fourth-order valence-corrected chi connectivity index (χ4v) is 2.78. The van der Waals surface area contributed by atoms with Crippen LogP contribution in [-0.2, 0) is 43.8 Å². The third kappa shape index (κ3) is 11.5. The summed E-state index contributed by atoms with van der Waals surface area (Å²) in [4.78, 5) is 0. The van der Waals surface area contributed by atoms with E-state index in [2.05, 4.69) is 81.1 Å². The zero-order valence-corrected chi connectivity index (χ0v) is 19.3. The summed E-state index contributed by atoms with van der Waals surface area (Å²) in [6.45, 7) is 26.6. The van der Waals surface area contributed by atoms with Gasteiger partial charge in [0.05, 0.1) is 0 Å². The fraction of sp³-hybridized carbons (Fsp3) is 0.217. The molecule has 8 nitrogen and oxygen atoms in total. The molecule has 2 rings (SSSR count). The van der Waals surface area contributed by atoms with Crippen LogP contribution in [0, 0.1) is 47.1 Å². The second kappa shape index (κ2) is 24.4. The van der Waals surface area contributed by atoms with Crippen molar-refractivity contribution < 1.29 is 53.3 Å². The Morgan fingerprint density at radius 2 is 1.25 bits per heavy atom. The summed E-state index contributed by atoms with van der Waals surface area (Å²) in [7, 11) is 4.99. The first-order valence-corrected chi connectivity index (χ1v) is 8.59. The van der Waals surface area contributed by atoms with Crippen molar-refractivity contribution >= 4 is 4.57 Å². The minimum atomic E-state index is 0.757. The van der Waals surface area contributed by atoms with Crippen molar-refractivity contribution in [3.63, 3.8) is 0 Å². The van der Waals surface area contributed by atoms with E-state index in [4.69, 9.17) is 37.5 Å². The second-order valence-electron chi connectivity index (χ2n) is 5.06. The van der Waals surface area contributed by atoms with Gasteiger partial charge >= 0.3 is 196 Å². The van der Waals surface area contributed by atoms with Crippen molar-refractivity contribution in [3.05, 3.63) is 80.3 Å². The van der Waals surface area contributed by atoms with Gasteiger partial charge in [0.15, 0.2) is 0 Å². The molecule has 0 aromatic heterocycles. The number of benzene rings is 2. The van der Waals surface area contributed by atoms with E-state index in [1.54, 1.807) is 21.3 Å². The molecule has 2 aromatic carbocycles. The fourth-order valence-electron chi connectivity index (χ4n) is 2.50. The van der Waals surface area contributed by atoms with Crippen LogP contribution in [0.3, 0.4) is 0 Å². The van der Waals surface area contributed by atoms with E-state index in [1.807, 2.05) is 12.1 Å². The van der Waals surface area contributed by atoms with Crippen molar-refractivity contribution in [2.24, 2.45) is 0 Å². The van der Waals surface area contributed by atoms with Gasteiger partial charge in [-0.25, -0.2) is 0 Å². The van der Waals surface area contributed by atoms with Gasteiger partial charge in [0.1, 0.15) is 0 Å². The third-order valence-corrected chi connectivity index (χ3v) is 4.18. The van der Waals surface area contributed by atoms with Gasteiger partial charge in [-0.3, -0.25) is 0 Å². The topological polar surface area (TPSA) is 127 Å². The molecule has 0 aliphatic carbocycles. The molecule has 166 valence electrons. The normalized spacial score (nSPS) is 7.47. The predicted octanol–water partition coefficient (Wildman–Crippen LogP) is 3.47. The zero-order valence-electron chi connectivity index (χ0n) is 18.1. The Kier molecular flexibility index (Phi) is 27.8. The van der Waals surface area contributed by atoms with E-state index >= 15 is 0 Å². The number of methoxy groups -OCH3 is 3. The summed E-state index contributed by atoms with van der Waals surface area (Å²) in [5, 5.41) is 0. The van der Waals surface area contributed by atoms with E-state index < -0.39 is 0 Å². The molecule has 2 aromatic rings. The molecule has 0 amide bonds. The van der Waals surface area contributed by atoms with Crippen LogP contribution in [0.4, 0.5) is 0 Å². The van der Waals surface area contributed by atoms with Gasteiger partial charge in [0.25, 0.3) is 0 Å². The Morgan fingerprint density at radius 3 is 1.66 bits per heavy atom. The molecule has 0 saturated carbocycles. The maximum absolute atomic E-state index is 7.50. The predicted molar refractivity (Wildman–Crippen MR) is 105 cm³/mol. The van der Waals surface area contributed by atoms with Crippen molar-refractivity contribution in [1.29, 1.82) is 0 Å². The Balaban J connectivity index is -0.000000345. The second-order valence-corrected chi connectivity index (χ2v) is 5.64. The van der Waals surface area contributed by atoms with Gasteiger partial charge in [-0.1, -0.05) is 0 Å². The zero-order chi connectivity index (χ0) is 26.3. The number of hydrogen-bond donors (Lipinski definition) is 0. The molecule has 0 N–H and O–H groups in total. The molecule has 0 fully saturated rings. The molecule has 0 aliphatic heterocycles. The molecule has 0 unspecified atom stereocenters. The number of ether oxygens (including phenoxy) is 3. The summed E-state index contributed by atoms with van der Waals surface area (Å²) in [6, 6.07) is 10.2. The van der Waals surface area contributed by atoms with Gasteiger partial charge in [-0.15, -0.1) is 0 Å². The van der Waals surface area contributed by atoms with E-state index in [1.165, 1.54) is 5.56 Å². The Bertz CT molecular complexity index is 889. The quantitative estimate of drug-likeness (QED) is 0.484. The molecule has 0 bridgehead atoms. The van der Waals surface area contributed by atoms with Gasteiger partial charge in [-0.05, 0) is 0 Å². The number of hydrogen-bond acceptors (Lipinski definition) is 3. The first-order valence-electron chi connectivity index (χ1n) is 7.95. The van der Waals surface area contributed by atoms with E-state index in [0.717, 1.165) is 38.3 Å². The minimum absolute atomic E-state index is 0.757. The van der Waals surface area contributed by atoms with Gasteiger partial charge in [0.2, 0.25) is 0 Å². The summed E-state index contributed by atoms with van der Waals surface area (Å²) in [6.07, 6.45) is 0. The first-order chi connectivity index (χ1) is 15.5. The Hall–Kier alpha value is -2.90. The maximum atomic E-state index is 7.50. The molecule has 0 spiro atoms. The molecule has 0 aliphatic rings. The van der Waals surface area contributed by atoms with Gasteiger partial charge in [-0.2, -0.15) is 0 Å². The van der Waals surface area contributed by atoms with Gasteiger partial charge in [0, 0.05) is 0 Å². The molecule has 0 atom stereocenters. The average molecular weight is 476 g/mol. The summed E-state index contributed by atoms with van der Waals surface area (Å²) in [5.41, 5.74) is 5.41. The van der Waals surface area contributed by atoms with E-state index in [0.29, 0.717) is 0 Å². The van der Waals surface area contributed by atoms with Crippen LogP contribution in [0.1, 0.15) is 16.7 Å². The van der Waals surface area contributed by atoms with Crippen LogP contribution >= 0.6 is 0 Å². The van der Waals surface area contributed by atoms with Crippen LogP contribution in [0.2, 0.25) is 0 Å². The summed E-state index contributed by atoms with van der Waals surface area (Å²) >= 11 is 2.98. The summed E-state index contributed by atoms with van der Waals surface area (Å²) in [5.74, 6) is 1.57. The molecule has 32 heavy (non-hydrogen) atoms. The van der Waals surface area contributed by atoms with Crippen LogP contribution in [-0.4, -0.2) is 25.9 Å². The van der Waals surface area contributed by atoms with Crippen molar-refractivity contribution in [2.75, 3.05) is 21.3 Å². The standard InChI is InChI=1S/C18H20O3.5CO.Cr/c1-12-6-7-14(11-19-3)16(8-12)18-13(2)9-15(20-4)10-17(18)21-5;5*1-2;/h6-10H,1-5H3;;;;;;. The molecular weight excluding hydrogens is 456 g/mol. The number of aryl methyl sites for hydroxylation is 2. The molecule has 0 heterocycles. The SMILES string of the molecule is CO[C](=[Cr])c1ccc(C)cc1-c1c(C)cc(OC)cc1OC.[C-]#[O+].[C-]#[O+].[C-]#[O+].[C-]#[O+].[C-]#[O+]. The monoisotopic (exact) mass is 476 g/mol. The summed E-state index contributed by atoms with van der Waals surface area (Å²) < 4.78 is 54.6. The molecule has 9 heteroatoms. The van der Waals surface area contributed by atoms with Crippen LogP contribution in [0.5, 0.6) is 11.5 Å². The number of rotatable bonds is 5.